The van der Waals surface area contributed by atoms with E-state index in [1.807, 2.05) is 0 Å². The lowest BCUT2D eigenvalue weighted by molar-refractivity contribution is -0.0498. The Balaban J connectivity index is 2.53. The van der Waals surface area contributed by atoms with Crippen LogP contribution in [0.2, 0.25) is 20.1 Å². The highest BCUT2D eigenvalue weighted by Gasteiger charge is 2.13. The zero-order valence-corrected chi connectivity index (χ0v) is 12.7. The van der Waals surface area contributed by atoms with E-state index in [1.165, 1.54) is 12.1 Å². The second kappa shape index (κ2) is 6.35. The van der Waals surface area contributed by atoms with Gasteiger partial charge in [0.25, 0.3) is 0 Å². The van der Waals surface area contributed by atoms with Gasteiger partial charge in [0.15, 0.2) is 0 Å². The van der Waals surface area contributed by atoms with Crippen molar-refractivity contribution in [3.8, 4) is 16.9 Å². The fraction of sp³-hybridized carbons (Fsp3) is 0.0769. The van der Waals surface area contributed by atoms with Crippen molar-refractivity contribution in [3.05, 3.63) is 50.4 Å². The summed E-state index contributed by atoms with van der Waals surface area (Å²) in [6, 6.07) is 7.41. The summed E-state index contributed by atoms with van der Waals surface area (Å²) in [4.78, 5) is 0. The summed E-state index contributed by atoms with van der Waals surface area (Å²) in [6.07, 6.45) is 0. The maximum absolute atomic E-state index is 12.3. The summed E-state index contributed by atoms with van der Waals surface area (Å²) >= 11 is 23.8. The van der Waals surface area contributed by atoms with E-state index in [0.29, 0.717) is 16.1 Å². The second-order valence-corrected chi connectivity index (χ2v) is 5.38. The highest BCUT2D eigenvalue weighted by molar-refractivity contribution is 6.49. The van der Waals surface area contributed by atoms with Gasteiger partial charge in [0, 0.05) is 10.6 Å². The Bertz CT molecular complexity index is 647. The number of halogens is 6. The molecule has 0 saturated carbocycles. The molecule has 2 rings (SSSR count). The Morgan fingerprint density at radius 2 is 1.60 bits per heavy atom. The number of alkyl halides is 2. The molecule has 0 bridgehead atoms. The highest BCUT2D eigenvalue weighted by atomic mass is 35.5. The van der Waals surface area contributed by atoms with Gasteiger partial charge in [-0.05, 0) is 29.8 Å². The highest BCUT2D eigenvalue weighted by Crippen LogP contribution is 2.39. The summed E-state index contributed by atoms with van der Waals surface area (Å²) in [5.41, 5.74) is 1.01. The summed E-state index contributed by atoms with van der Waals surface area (Å²) in [7, 11) is 0. The monoisotopic (exact) mass is 356 g/mol. The van der Waals surface area contributed by atoms with Crippen LogP contribution in [0.1, 0.15) is 0 Å². The van der Waals surface area contributed by atoms with Crippen LogP contribution in [-0.2, 0) is 0 Å². The van der Waals surface area contributed by atoms with Crippen LogP contribution in [0.3, 0.4) is 0 Å². The fourth-order valence-corrected chi connectivity index (χ4v) is 2.51. The van der Waals surface area contributed by atoms with Crippen LogP contribution in [0.4, 0.5) is 8.78 Å². The second-order valence-electron chi connectivity index (χ2n) is 3.78. The van der Waals surface area contributed by atoms with Crippen LogP contribution >= 0.6 is 46.4 Å². The van der Waals surface area contributed by atoms with E-state index in [9.17, 15) is 8.78 Å². The molecule has 0 heterocycles. The third-order valence-corrected chi connectivity index (χ3v) is 3.95. The predicted octanol–water partition coefficient (Wildman–Crippen LogP) is 6.57. The number of rotatable bonds is 3. The quantitative estimate of drug-likeness (QED) is 0.564. The molecule has 0 unspecified atom stereocenters. The Morgan fingerprint density at radius 3 is 2.25 bits per heavy atom. The molecule has 0 fully saturated rings. The first-order valence-electron chi connectivity index (χ1n) is 5.27. The summed E-state index contributed by atoms with van der Waals surface area (Å²) in [6.45, 7) is -2.94. The molecule has 0 aliphatic carbocycles. The van der Waals surface area contributed by atoms with Crippen LogP contribution in [0.15, 0.2) is 30.3 Å². The van der Waals surface area contributed by atoms with Gasteiger partial charge >= 0.3 is 6.61 Å². The van der Waals surface area contributed by atoms with E-state index in [4.69, 9.17) is 46.4 Å². The van der Waals surface area contributed by atoms with E-state index in [-0.39, 0.29) is 20.8 Å². The van der Waals surface area contributed by atoms with Crippen molar-refractivity contribution in [3.63, 3.8) is 0 Å². The van der Waals surface area contributed by atoms with Gasteiger partial charge in [0.1, 0.15) is 5.75 Å². The van der Waals surface area contributed by atoms with Gasteiger partial charge in [0.2, 0.25) is 0 Å². The standard InChI is InChI=1S/C13H6Cl4F2O/c14-7-3-6(4-8(5-7)20-13(18)19)9-1-2-10(15)12(17)11(9)16/h1-5,13H. The van der Waals surface area contributed by atoms with Crippen molar-refractivity contribution >= 4 is 46.4 Å². The summed E-state index contributed by atoms with van der Waals surface area (Å²) < 4.78 is 28.8. The molecule has 0 N–H and O–H groups in total. The van der Waals surface area contributed by atoms with Crippen molar-refractivity contribution in [2.24, 2.45) is 0 Å². The third kappa shape index (κ3) is 3.47. The van der Waals surface area contributed by atoms with Crippen LogP contribution in [0.5, 0.6) is 5.75 Å². The van der Waals surface area contributed by atoms with Crippen molar-refractivity contribution in [1.29, 1.82) is 0 Å². The van der Waals surface area contributed by atoms with Gasteiger partial charge in [-0.2, -0.15) is 8.78 Å². The fourth-order valence-electron chi connectivity index (χ4n) is 1.64. The molecule has 2 aromatic carbocycles. The molecule has 106 valence electrons. The number of benzene rings is 2. The van der Waals surface area contributed by atoms with E-state index in [2.05, 4.69) is 4.74 Å². The molecule has 0 atom stereocenters. The molecule has 1 nitrogen and oxygen atoms in total. The van der Waals surface area contributed by atoms with E-state index in [1.54, 1.807) is 18.2 Å². The molecule has 7 heteroatoms. The van der Waals surface area contributed by atoms with Crippen LogP contribution in [-0.4, -0.2) is 6.61 Å². The van der Waals surface area contributed by atoms with E-state index >= 15 is 0 Å². The first-order valence-corrected chi connectivity index (χ1v) is 6.79. The smallest absolute Gasteiger partial charge is 0.387 e. The number of hydrogen-bond donors (Lipinski definition) is 0. The van der Waals surface area contributed by atoms with E-state index in [0.717, 1.165) is 0 Å². The van der Waals surface area contributed by atoms with Crippen molar-refractivity contribution < 1.29 is 13.5 Å². The molecule has 0 aromatic heterocycles. The lowest BCUT2D eigenvalue weighted by atomic mass is 10.1. The van der Waals surface area contributed by atoms with Crippen molar-refractivity contribution in [2.75, 3.05) is 0 Å². The lowest BCUT2D eigenvalue weighted by Crippen LogP contribution is -2.01. The maximum Gasteiger partial charge on any atom is 0.387 e. The van der Waals surface area contributed by atoms with Gasteiger partial charge in [-0.25, -0.2) is 0 Å². The summed E-state index contributed by atoms with van der Waals surface area (Å²) in [5, 5.41) is 0.929. The lowest BCUT2D eigenvalue weighted by Gasteiger charge is -2.11. The Hall–Kier alpha value is -0.740. The molecule has 0 amide bonds. The Kier molecular flexibility index (Phi) is 4.97. The SMILES string of the molecule is FC(F)Oc1cc(Cl)cc(-c2ccc(Cl)c(Cl)c2Cl)c1. The largest absolute Gasteiger partial charge is 0.435 e. The minimum absolute atomic E-state index is 0.0651. The van der Waals surface area contributed by atoms with Gasteiger partial charge in [-0.1, -0.05) is 52.5 Å². The molecule has 2 aromatic rings. The molecule has 0 aliphatic heterocycles. The molecule has 0 radical (unpaired) electrons. The van der Waals surface area contributed by atoms with Gasteiger partial charge in [-0.3, -0.25) is 0 Å². The first-order chi connectivity index (χ1) is 9.38. The normalized spacial score (nSPS) is 10.9. The van der Waals surface area contributed by atoms with Gasteiger partial charge < -0.3 is 4.74 Å². The molecular weight excluding hydrogens is 352 g/mol. The number of hydrogen-bond acceptors (Lipinski definition) is 1. The maximum atomic E-state index is 12.3. The third-order valence-electron chi connectivity index (χ3n) is 2.44. The molecular formula is C13H6Cl4F2O. The van der Waals surface area contributed by atoms with Crippen LogP contribution in [0, 0.1) is 0 Å². The zero-order chi connectivity index (χ0) is 14.9. The Morgan fingerprint density at radius 1 is 0.900 bits per heavy atom. The minimum Gasteiger partial charge on any atom is -0.435 e. The molecule has 0 spiro atoms. The van der Waals surface area contributed by atoms with Gasteiger partial charge in [0.05, 0.1) is 15.1 Å². The van der Waals surface area contributed by atoms with Crippen molar-refractivity contribution in [1.82, 2.24) is 0 Å². The van der Waals surface area contributed by atoms with Crippen LogP contribution < -0.4 is 4.74 Å². The predicted molar refractivity (Wildman–Crippen MR) is 78.6 cm³/mol. The average Bonchev–Trinajstić information content (AvgIpc) is 2.34. The Labute approximate surface area is 134 Å². The van der Waals surface area contributed by atoms with E-state index < -0.39 is 6.61 Å². The van der Waals surface area contributed by atoms with Crippen LogP contribution in [0.25, 0.3) is 11.1 Å². The molecule has 20 heavy (non-hydrogen) atoms. The zero-order valence-electron chi connectivity index (χ0n) is 9.64. The molecule has 0 saturated heterocycles. The van der Waals surface area contributed by atoms with Crippen molar-refractivity contribution in [2.45, 2.75) is 6.61 Å². The average molecular weight is 358 g/mol. The minimum atomic E-state index is -2.94. The topological polar surface area (TPSA) is 9.23 Å². The summed E-state index contributed by atoms with van der Waals surface area (Å²) in [5.74, 6) is -0.0651. The van der Waals surface area contributed by atoms with Gasteiger partial charge in [-0.15, -0.1) is 0 Å². The number of ether oxygens (including phenoxy) is 1. The first kappa shape index (κ1) is 15.6. The molecule has 0 aliphatic rings.